The van der Waals surface area contributed by atoms with Gasteiger partial charge in [0.2, 0.25) is 0 Å². The zero-order valence-corrected chi connectivity index (χ0v) is 11.4. The molecule has 0 aromatic rings. The van der Waals surface area contributed by atoms with Gasteiger partial charge in [-0.25, -0.2) is 0 Å². The SMILES string of the molecule is O=CCCCCC(O)OCCCCCCCCO. The lowest BCUT2D eigenvalue weighted by Crippen LogP contribution is -2.12. The maximum atomic E-state index is 10.1. The molecule has 1 atom stereocenters. The summed E-state index contributed by atoms with van der Waals surface area (Å²) in [4.78, 5) is 10.1. The van der Waals surface area contributed by atoms with E-state index in [-0.39, 0.29) is 0 Å². The smallest absolute Gasteiger partial charge is 0.154 e. The van der Waals surface area contributed by atoms with Gasteiger partial charge in [-0.2, -0.15) is 0 Å². The molecule has 0 amide bonds. The van der Waals surface area contributed by atoms with E-state index in [1.807, 2.05) is 0 Å². The Balaban J connectivity index is 3.10. The highest BCUT2D eigenvalue weighted by Crippen LogP contribution is 2.07. The lowest BCUT2D eigenvalue weighted by molar-refractivity contribution is -0.109. The van der Waals surface area contributed by atoms with Crippen LogP contribution in [0.15, 0.2) is 0 Å². The molecule has 4 nitrogen and oxygen atoms in total. The van der Waals surface area contributed by atoms with Crippen molar-refractivity contribution in [2.24, 2.45) is 0 Å². The van der Waals surface area contributed by atoms with E-state index in [0.29, 0.717) is 26.1 Å². The summed E-state index contributed by atoms with van der Waals surface area (Å²) in [5.41, 5.74) is 0. The number of hydrogen-bond donors (Lipinski definition) is 2. The fourth-order valence-electron chi connectivity index (χ4n) is 1.77. The second kappa shape index (κ2) is 14.6. The number of carbonyl (C=O) groups excluding carboxylic acids is 1. The summed E-state index contributed by atoms with van der Waals surface area (Å²) >= 11 is 0. The van der Waals surface area contributed by atoms with Crippen LogP contribution in [0.3, 0.4) is 0 Å². The fourth-order valence-corrected chi connectivity index (χ4v) is 1.77. The Morgan fingerprint density at radius 2 is 1.61 bits per heavy atom. The monoisotopic (exact) mass is 260 g/mol. The van der Waals surface area contributed by atoms with Gasteiger partial charge in [0.05, 0.1) is 0 Å². The summed E-state index contributed by atoms with van der Waals surface area (Å²) in [6, 6.07) is 0. The molecule has 18 heavy (non-hydrogen) atoms. The zero-order valence-electron chi connectivity index (χ0n) is 11.4. The highest BCUT2D eigenvalue weighted by molar-refractivity contribution is 5.48. The molecule has 0 fully saturated rings. The van der Waals surface area contributed by atoms with Crippen molar-refractivity contribution in [3.05, 3.63) is 0 Å². The highest BCUT2D eigenvalue weighted by Gasteiger charge is 2.03. The van der Waals surface area contributed by atoms with Crippen molar-refractivity contribution in [1.29, 1.82) is 0 Å². The van der Waals surface area contributed by atoms with Crippen LogP contribution >= 0.6 is 0 Å². The predicted octanol–water partition coefficient (Wildman–Crippen LogP) is 2.41. The molecule has 1 unspecified atom stereocenters. The lowest BCUT2D eigenvalue weighted by atomic mass is 10.1. The molecule has 108 valence electrons. The standard InChI is InChI=1S/C14H28O4/c15-11-7-3-1-2-4-9-13-18-14(17)10-6-5-8-12-16/h12,14-15,17H,1-11,13H2. The number of aldehydes is 1. The fraction of sp³-hybridized carbons (Fsp3) is 0.929. The van der Waals surface area contributed by atoms with Gasteiger partial charge in [0.1, 0.15) is 6.29 Å². The summed E-state index contributed by atoms with van der Waals surface area (Å²) < 4.78 is 5.28. The van der Waals surface area contributed by atoms with Crippen molar-refractivity contribution >= 4 is 6.29 Å². The first kappa shape index (κ1) is 17.6. The second-order valence-electron chi connectivity index (χ2n) is 4.62. The van der Waals surface area contributed by atoms with Gasteiger partial charge in [0, 0.05) is 19.6 Å². The molecule has 0 rings (SSSR count). The van der Waals surface area contributed by atoms with Gasteiger partial charge in [-0.3, -0.25) is 0 Å². The average molecular weight is 260 g/mol. The van der Waals surface area contributed by atoms with Crippen molar-refractivity contribution in [2.45, 2.75) is 70.5 Å². The first-order valence-electron chi connectivity index (χ1n) is 7.15. The van der Waals surface area contributed by atoms with Crippen LogP contribution in [0.5, 0.6) is 0 Å². The van der Waals surface area contributed by atoms with E-state index in [2.05, 4.69) is 0 Å². The van der Waals surface area contributed by atoms with Gasteiger partial charge in [-0.05, 0) is 32.1 Å². The number of aliphatic hydroxyl groups is 2. The first-order chi connectivity index (χ1) is 8.81. The van der Waals surface area contributed by atoms with Crippen LogP contribution in [-0.2, 0) is 9.53 Å². The molecule has 0 aliphatic heterocycles. The van der Waals surface area contributed by atoms with Crippen LogP contribution in [0.1, 0.15) is 64.2 Å². The van der Waals surface area contributed by atoms with Gasteiger partial charge in [-0.1, -0.05) is 25.7 Å². The van der Waals surface area contributed by atoms with Crippen LogP contribution in [0.2, 0.25) is 0 Å². The maximum absolute atomic E-state index is 10.1. The Morgan fingerprint density at radius 3 is 2.28 bits per heavy atom. The van der Waals surface area contributed by atoms with Crippen molar-refractivity contribution in [2.75, 3.05) is 13.2 Å². The Morgan fingerprint density at radius 1 is 0.944 bits per heavy atom. The van der Waals surface area contributed by atoms with Gasteiger partial charge >= 0.3 is 0 Å². The quantitative estimate of drug-likeness (QED) is 0.286. The molecular formula is C14H28O4. The van der Waals surface area contributed by atoms with E-state index < -0.39 is 6.29 Å². The third-order valence-corrected chi connectivity index (χ3v) is 2.89. The normalized spacial score (nSPS) is 12.6. The van der Waals surface area contributed by atoms with E-state index in [0.717, 1.165) is 51.2 Å². The molecule has 0 saturated heterocycles. The van der Waals surface area contributed by atoms with Crippen molar-refractivity contribution in [3.8, 4) is 0 Å². The molecule has 0 aliphatic rings. The van der Waals surface area contributed by atoms with Gasteiger partial charge in [0.15, 0.2) is 6.29 Å². The minimum atomic E-state index is -0.675. The lowest BCUT2D eigenvalue weighted by Gasteiger charge is -2.11. The van der Waals surface area contributed by atoms with Gasteiger partial charge in [-0.15, -0.1) is 0 Å². The van der Waals surface area contributed by atoms with Crippen LogP contribution in [-0.4, -0.2) is 36.0 Å². The molecule has 0 aromatic heterocycles. The van der Waals surface area contributed by atoms with E-state index in [1.165, 1.54) is 6.42 Å². The molecule has 0 bridgehead atoms. The number of ether oxygens (including phenoxy) is 1. The van der Waals surface area contributed by atoms with E-state index in [1.54, 1.807) is 0 Å². The maximum Gasteiger partial charge on any atom is 0.154 e. The van der Waals surface area contributed by atoms with Crippen molar-refractivity contribution in [3.63, 3.8) is 0 Å². The Bertz CT molecular complexity index is 173. The van der Waals surface area contributed by atoms with Crippen molar-refractivity contribution in [1.82, 2.24) is 0 Å². The third-order valence-electron chi connectivity index (χ3n) is 2.89. The van der Waals surface area contributed by atoms with E-state index in [9.17, 15) is 9.90 Å². The van der Waals surface area contributed by atoms with Crippen LogP contribution in [0.4, 0.5) is 0 Å². The molecule has 0 radical (unpaired) electrons. The molecule has 4 heteroatoms. The minimum Gasteiger partial charge on any atom is -0.396 e. The molecule has 0 saturated carbocycles. The molecule has 0 heterocycles. The average Bonchev–Trinajstić information content (AvgIpc) is 2.38. The van der Waals surface area contributed by atoms with Crippen LogP contribution in [0, 0.1) is 0 Å². The Hall–Kier alpha value is -0.450. The topological polar surface area (TPSA) is 66.8 Å². The van der Waals surface area contributed by atoms with Gasteiger partial charge in [0.25, 0.3) is 0 Å². The van der Waals surface area contributed by atoms with Crippen LogP contribution < -0.4 is 0 Å². The summed E-state index contributed by atoms with van der Waals surface area (Å²) in [6.07, 6.45) is 9.49. The van der Waals surface area contributed by atoms with Crippen LogP contribution in [0.25, 0.3) is 0 Å². The van der Waals surface area contributed by atoms with Crippen molar-refractivity contribution < 1.29 is 19.7 Å². The molecule has 2 N–H and O–H groups in total. The summed E-state index contributed by atoms with van der Waals surface area (Å²) in [7, 11) is 0. The largest absolute Gasteiger partial charge is 0.396 e. The molecule has 0 aromatic carbocycles. The molecule has 0 spiro atoms. The zero-order chi connectivity index (χ0) is 13.5. The van der Waals surface area contributed by atoms with Gasteiger partial charge < -0.3 is 19.7 Å². The van der Waals surface area contributed by atoms with E-state index in [4.69, 9.17) is 9.84 Å². The summed E-state index contributed by atoms with van der Waals surface area (Å²) in [5, 5.41) is 18.1. The minimum absolute atomic E-state index is 0.291. The number of carbonyl (C=O) groups is 1. The second-order valence-corrected chi connectivity index (χ2v) is 4.62. The summed E-state index contributed by atoms with van der Waals surface area (Å²) in [5.74, 6) is 0. The molecular weight excluding hydrogens is 232 g/mol. The Labute approximate surface area is 110 Å². The first-order valence-corrected chi connectivity index (χ1v) is 7.15. The highest BCUT2D eigenvalue weighted by atomic mass is 16.6. The number of rotatable bonds is 14. The van der Waals surface area contributed by atoms with E-state index >= 15 is 0 Å². The molecule has 0 aliphatic carbocycles. The Kier molecular flexibility index (Phi) is 14.2. The number of hydrogen-bond acceptors (Lipinski definition) is 4. The predicted molar refractivity (Wildman–Crippen MR) is 71.3 cm³/mol. The third kappa shape index (κ3) is 13.6. The number of unbranched alkanes of at least 4 members (excludes halogenated alkanes) is 7. The summed E-state index contributed by atoms with van der Waals surface area (Å²) in [6.45, 7) is 0.897. The number of aliphatic hydroxyl groups excluding tert-OH is 2.